The van der Waals surface area contributed by atoms with Gasteiger partial charge < -0.3 is 9.64 Å². The van der Waals surface area contributed by atoms with Gasteiger partial charge in [-0.2, -0.15) is 0 Å². The molecule has 0 bridgehead atoms. The normalized spacial score (nSPS) is 18.7. The van der Waals surface area contributed by atoms with Crippen molar-refractivity contribution in [2.24, 2.45) is 0 Å². The number of halogens is 1. The molecule has 0 radical (unpaired) electrons. The first kappa shape index (κ1) is 13.9. The van der Waals surface area contributed by atoms with Crippen LogP contribution in [0.4, 0.5) is 5.69 Å². The van der Waals surface area contributed by atoms with Crippen molar-refractivity contribution in [1.82, 2.24) is 0 Å². The minimum atomic E-state index is -3.85. The summed E-state index contributed by atoms with van der Waals surface area (Å²) < 4.78 is 28.1. The van der Waals surface area contributed by atoms with Crippen molar-refractivity contribution >= 4 is 31.3 Å². The molecule has 0 spiro atoms. The lowest BCUT2D eigenvalue weighted by Crippen LogP contribution is -2.44. The van der Waals surface area contributed by atoms with Gasteiger partial charge in [-0.15, -0.1) is 6.58 Å². The largest absolute Gasteiger partial charge is 0.479 e. The van der Waals surface area contributed by atoms with Crippen LogP contribution < -0.4 is 9.64 Å². The number of amides is 1. The zero-order chi connectivity index (χ0) is 14.2. The van der Waals surface area contributed by atoms with Gasteiger partial charge in [-0.05, 0) is 25.1 Å². The molecular formula is C12H12ClNO4S. The van der Waals surface area contributed by atoms with Crippen LogP contribution in [0.5, 0.6) is 5.75 Å². The number of anilines is 1. The van der Waals surface area contributed by atoms with Crippen LogP contribution in [0.15, 0.2) is 35.7 Å². The van der Waals surface area contributed by atoms with E-state index in [1.54, 1.807) is 13.0 Å². The van der Waals surface area contributed by atoms with E-state index in [4.69, 9.17) is 15.4 Å². The van der Waals surface area contributed by atoms with E-state index in [-0.39, 0.29) is 17.3 Å². The van der Waals surface area contributed by atoms with Gasteiger partial charge in [0.2, 0.25) is 0 Å². The number of hydrogen-bond donors (Lipinski definition) is 0. The van der Waals surface area contributed by atoms with Crippen LogP contribution in [0.2, 0.25) is 0 Å². The van der Waals surface area contributed by atoms with Crippen molar-refractivity contribution in [3.8, 4) is 5.75 Å². The average molecular weight is 302 g/mol. The molecule has 0 N–H and O–H groups in total. The molecule has 7 heteroatoms. The number of rotatable bonds is 3. The number of nitrogens with zero attached hydrogens (tertiary/aromatic N) is 1. The topological polar surface area (TPSA) is 63.7 Å². The maximum Gasteiger partial charge on any atom is 0.268 e. The maximum atomic E-state index is 12.0. The zero-order valence-corrected chi connectivity index (χ0v) is 11.7. The van der Waals surface area contributed by atoms with Gasteiger partial charge in [-0.1, -0.05) is 6.08 Å². The third-order valence-corrected chi connectivity index (χ3v) is 4.08. The molecule has 1 amide bonds. The summed E-state index contributed by atoms with van der Waals surface area (Å²) in [5.41, 5.74) is 0.379. The fraction of sp³-hybridized carbons (Fsp3) is 0.250. The van der Waals surface area contributed by atoms with Crippen LogP contribution in [0, 0.1) is 0 Å². The SMILES string of the molecule is C=CCN1C(=O)C(C)Oc2ccc(S(=O)(=O)Cl)cc21. The predicted molar refractivity (Wildman–Crippen MR) is 72.1 cm³/mol. The number of carbonyl (C=O) groups is 1. The van der Waals surface area contributed by atoms with Crippen molar-refractivity contribution in [3.63, 3.8) is 0 Å². The molecule has 1 unspecified atom stereocenters. The second-order valence-corrected chi connectivity index (χ2v) is 6.63. The molecule has 0 aliphatic carbocycles. The van der Waals surface area contributed by atoms with Crippen LogP contribution in [0.1, 0.15) is 6.92 Å². The molecule has 1 aromatic carbocycles. The van der Waals surface area contributed by atoms with Gasteiger partial charge in [0.1, 0.15) is 5.75 Å². The van der Waals surface area contributed by atoms with Crippen LogP contribution in [0.25, 0.3) is 0 Å². The minimum Gasteiger partial charge on any atom is -0.479 e. The van der Waals surface area contributed by atoms with Gasteiger partial charge in [0.25, 0.3) is 15.0 Å². The average Bonchev–Trinajstić information content (AvgIpc) is 2.33. The minimum absolute atomic E-state index is 0.0760. The Kier molecular flexibility index (Phi) is 3.56. The van der Waals surface area contributed by atoms with Gasteiger partial charge >= 0.3 is 0 Å². The van der Waals surface area contributed by atoms with E-state index in [0.29, 0.717) is 11.4 Å². The van der Waals surface area contributed by atoms with E-state index in [1.165, 1.54) is 23.1 Å². The number of fused-ring (bicyclic) bond motifs is 1. The fourth-order valence-electron chi connectivity index (χ4n) is 1.86. The second kappa shape index (κ2) is 4.86. The maximum absolute atomic E-state index is 12.0. The molecule has 19 heavy (non-hydrogen) atoms. The predicted octanol–water partition coefficient (Wildman–Crippen LogP) is 1.91. The molecule has 1 aliphatic heterocycles. The summed E-state index contributed by atoms with van der Waals surface area (Å²) in [4.78, 5) is 13.4. The lowest BCUT2D eigenvalue weighted by atomic mass is 10.2. The third-order valence-electron chi connectivity index (χ3n) is 2.73. The molecule has 5 nitrogen and oxygen atoms in total. The first-order chi connectivity index (χ1) is 8.84. The summed E-state index contributed by atoms with van der Waals surface area (Å²) in [7, 11) is 1.45. The van der Waals surface area contributed by atoms with Gasteiger partial charge in [-0.3, -0.25) is 4.79 Å². The fourth-order valence-corrected chi connectivity index (χ4v) is 2.63. The van der Waals surface area contributed by atoms with Gasteiger partial charge in [-0.25, -0.2) is 8.42 Å². The van der Waals surface area contributed by atoms with E-state index in [1.807, 2.05) is 0 Å². The van der Waals surface area contributed by atoms with Crippen LogP contribution >= 0.6 is 10.7 Å². The van der Waals surface area contributed by atoms with Crippen molar-refractivity contribution in [3.05, 3.63) is 30.9 Å². The number of hydrogen-bond acceptors (Lipinski definition) is 4. The molecule has 1 atom stereocenters. The Morgan fingerprint density at radius 1 is 1.53 bits per heavy atom. The van der Waals surface area contributed by atoms with Crippen LogP contribution in [0.3, 0.4) is 0 Å². The van der Waals surface area contributed by atoms with Crippen molar-refractivity contribution in [2.45, 2.75) is 17.9 Å². The highest BCUT2D eigenvalue weighted by atomic mass is 35.7. The monoisotopic (exact) mass is 301 g/mol. The second-order valence-electron chi connectivity index (χ2n) is 4.06. The molecule has 0 saturated carbocycles. The Morgan fingerprint density at radius 3 is 2.79 bits per heavy atom. The molecular weight excluding hydrogens is 290 g/mol. The lowest BCUT2D eigenvalue weighted by Gasteiger charge is -2.32. The first-order valence-electron chi connectivity index (χ1n) is 5.52. The molecule has 1 aromatic rings. The summed E-state index contributed by atoms with van der Waals surface area (Å²) in [6, 6.07) is 4.16. The summed E-state index contributed by atoms with van der Waals surface area (Å²) in [5, 5.41) is 0. The molecule has 1 heterocycles. The zero-order valence-electron chi connectivity index (χ0n) is 10.2. The van der Waals surface area contributed by atoms with Gasteiger partial charge in [0.05, 0.1) is 10.6 Å². The van der Waals surface area contributed by atoms with Crippen molar-refractivity contribution in [2.75, 3.05) is 11.4 Å². The molecule has 2 rings (SSSR count). The first-order valence-corrected chi connectivity index (χ1v) is 7.83. The highest BCUT2D eigenvalue weighted by molar-refractivity contribution is 8.13. The van der Waals surface area contributed by atoms with Crippen molar-refractivity contribution < 1.29 is 17.9 Å². The smallest absolute Gasteiger partial charge is 0.268 e. The molecule has 0 fully saturated rings. The summed E-state index contributed by atoms with van der Waals surface area (Å²) >= 11 is 0. The molecule has 0 aromatic heterocycles. The van der Waals surface area contributed by atoms with E-state index < -0.39 is 15.2 Å². The third kappa shape index (κ3) is 2.59. The summed E-state index contributed by atoms with van der Waals surface area (Å²) in [6.45, 7) is 5.48. The van der Waals surface area contributed by atoms with E-state index in [2.05, 4.69) is 6.58 Å². The number of benzene rings is 1. The van der Waals surface area contributed by atoms with E-state index in [0.717, 1.165) is 0 Å². The van der Waals surface area contributed by atoms with E-state index >= 15 is 0 Å². The quantitative estimate of drug-likeness (QED) is 0.632. The Balaban J connectivity index is 2.57. The van der Waals surface area contributed by atoms with Crippen LogP contribution in [-0.4, -0.2) is 27.0 Å². The Bertz CT molecular complexity index is 641. The Labute approximate surface area is 115 Å². The highest BCUT2D eigenvalue weighted by Crippen LogP contribution is 2.36. The van der Waals surface area contributed by atoms with Gasteiger partial charge in [0.15, 0.2) is 6.10 Å². The molecule has 102 valence electrons. The standard InChI is InChI=1S/C12H12ClNO4S/c1-3-6-14-10-7-9(19(13,16)17)4-5-11(10)18-8(2)12(14)15/h3-5,7-8H,1,6H2,2H3. The Hall–Kier alpha value is -1.53. The van der Waals surface area contributed by atoms with Crippen molar-refractivity contribution in [1.29, 1.82) is 0 Å². The lowest BCUT2D eigenvalue weighted by molar-refractivity contribution is -0.125. The number of carbonyl (C=O) groups excluding carboxylic acids is 1. The molecule has 0 saturated heterocycles. The molecule has 1 aliphatic rings. The van der Waals surface area contributed by atoms with Crippen LogP contribution in [-0.2, 0) is 13.8 Å². The van der Waals surface area contributed by atoms with Gasteiger partial charge in [0, 0.05) is 17.2 Å². The summed E-state index contributed by atoms with van der Waals surface area (Å²) in [6.07, 6.45) is 0.938. The Morgan fingerprint density at radius 2 is 2.21 bits per heavy atom. The summed E-state index contributed by atoms with van der Waals surface area (Å²) in [5.74, 6) is 0.189. The highest BCUT2D eigenvalue weighted by Gasteiger charge is 2.31. The number of ether oxygens (including phenoxy) is 1. The van der Waals surface area contributed by atoms with E-state index in [9.17, 15) is 13.2 Å².